The van der Waals surface area contributed by atoms with Gasteiger partial charge in [0, 0.05) is 33.9 Å². The van der Waals surface area contributed by atoms with Crippen molar-refractivity contribution in [2.45, 2.75) is 18.3 Å². The van der Waals surface area contributed by atoms with Crippen molar-refractivity contribution in [3.8, 4) is 44.5 Å². The average Bonchev–Trinajstić information content (AvgIpc) is 3.99. The summed E-state index contributed by atoms with van der Waals surface area (Å²) < 4.78 is 6.43. The lowest BCUT2D eigenvalue weighted by atomic mass is 9.70. The molecule has 13 rings (SSSR count). The van der Waals surface area contributed by atoms with E-state index in [1.54, 1.807) is 0 Å². The lowest BCUT2D eigenvalue weighted by molar-refractivity contribution is 0.669. The zero-order valence-electron chi connectivity index (χ0n) is 34.6. The second-order valence-electron chi connectivity index (χ2n) is 17.1. The molecule has 0 aliphatic heterocycles. The summed E-state index contributed by atoms with van der Waals surface area (Å²) in [5, 5.41) is 2.27. The van der Waals surface area contributed by atoms with E-state index in [4.69, 9.17) is 4.42 Å². The Bertz CT molecular complexity index is 3500. The molecule has 9 aromatic carbocycles. The Morgan fingerprint density at radius 3 is 1.78 bits per heavy atom. The number of hydrogen-bond donors (Lipinski definition) is 0. The number of anilines is 2. The van der Waals surface area contributed by atoms with Gasteiger partial charge in [-0.3, -0.25) is 0 Å². The number of nitrogens with zero attached hydrogens (tertiary/aromatic N) is 1. The highest BCUT2D eigenvalue weighted by atomic mass is 16.3. The standard InChI is InChI=1S/C61H41NO/c1-3-14-40(15-4-1)41-26-31-45(32-27-41)62(47-35-37-52-51-19-9-12-25-58(51)63-59(52)39-47)46-33-28-42(29-34-46)44-30-36-50-49-18-7-10-22-54(49)61(57(50)38-44)55-23-11-8-20-53(55)60-48(21-13-24-56(60)61)43-16-5-2-6-17-43/h1-26,28-31,33-39H,27,32H2. The molecule has 0 amide bonds. The van der Waals surface area contributed by atoms with Gasteiger partial charge in [0.1, 0.15) is 11.2 Å². The van der Waals surface area contributed by atoms with E-state index in [1.807, 2.05) is 6.07 Å². The van der Waals surface area contributed by atoms with Gasteiger partial charge in [0.15, 0.2) is 0 Å². The van der Waals surface area contributed by atoms with Crippen molar-refractivity contribution in [3.63, 3.8) is 0 Å². The highest BCUT2D eigenvalue weighted by molar-refractivity contribution is 6.06. The maximum absolute atomic E-state index is 6.43. The van der Waals surface area contributed by atoms with Crippen molar-refractivity contribution in [1.29, 1.82) is 0 Å². The molecule has 3 aliphatic rings. The molecule has 1 atom stereocenters. The number of para-hydroxylation sites is 1. The van der Waals surface area contributed by atoms with Crippen molar-refractivity contribution in [3.05, 3.63) is 258 Å². The van der Waals surface area contributed by atoms with Crippen LogP contribution in [0, 0.1) is 0 Å². The lowest BCUT2D eigenvalue weighted by Gasteiger charge is -2.31. The molecule has 1 spiro atoms. The number of rotatable bonds is 6. The minimum atomic E-state index is -0.440. The molecule has 2 nitrogen and oxygen atoms in total. The molecule has 1 aromatic heterocycles. The average molecular weight is 804 g/mol. The number of allylic oxidation sites excluding steroid dienone is 4. The Labute approximate surface area is 367 Å². The van der Waals surface area contributed by atoms with Gasteiger partial charge in [-0.15, -0.1) is 0 Å². The first-order valence-corrected chi connectivity index (χ1v) is 22.0. The van der Waals surface area contributed by atoms with Crippen LogP contribution in [0.2, 0.25) is 0 Å². The van der Waals surface area contributed by atoms with Gasteiger partial charge in [-0.25, -0.2) is 0 Å². The molecule has 0 saturated carbocycles. The first-order chi connectivity index (χ1) is 31.2. The van der Waals surface area contributed by atoms with Crippen molar-refractivity contribution in [2.75, 3.05) is 4.90 Å². The van der Waals surface area contributed by atoms with E-state index in [0.29, 0.717) is 0 Å². The van der Waals surface area contributed by atoms with Gasteiger partial charge in [-0.05, 0) is 133 Å². The van der Waals surface area contributed by atoms with Crippen molar-refractivity contribution >= 4 is 38.9 Å². The molecular formula is C61H41NO. The van der Waals surface area contributed by atoms with E-state index in [0.717, 1.165) is 46.2 Å². The van der Waals surface area contributed by atoms with E-state index in [2.05, 4.69) is 223 Å². The molecule has 296 valence electrons. The van der Waals surface area contributed by atoms with Gasteiger partial charge in [-0.2, -0.15) is 0 Å². The Kier molecular flexibility index (Phi) is 7.98. The monoisotopic (exact) mass is 803 g/mol. The molecule has 0 fully saturated rings. The first-order valence-electron chi connectivity index (χ1n) is 22.0. The fourth-order valence-corrected chi connectivity index (χ4v) is 11.1. The smallest absolute Gasteiger partial charge is 0.137 e. The largest absolute Gasteiger partial charge is 0.456 e. The van der Waals surface area contributed by atoms with Gasteiger partial charge in [0.25, 0.3) is 0 Å². The molecule has 0 N–H and O–H groups in total. The van der Waals surface area contributed by atoms with Crippen LogP contribution < -0.4 is 4.90 Å². The highest BCUT2D eigenvalue weighted by Gasteiger charge is 2.52. The van der Waals surface area contributed by atoms with Gasteiger partial charge in [0.05, 0.1) is 5.41 Å². The zero-order chi connectivity index (χ0) is 41.5. The Balaban J connectivity index is 0.943. The summed E-state index contributed by atoms with van der Waals surface area (Å²) in [5.41, 5.74) is 23.0. The van der Waals surface area contributed by atoms with Crippen molar-refractivity contribution < 1.29 is 4.42 Å². The maximum Gasteiger partial charge on any atom is 0.137 e. The molecule has 0 radical (unpaired) electrons. The second-order valence-corrected chi connectivity index (χ2v) is 17.1. The summed E-state index contributed by atoms with van der Waals surface area (Å²) in [6.45, 7) is 0. The third-order valence-corrected chi connectivity index (χ3v) is 13.8. The molecular weight excluding hydrogens is 763 g/mol. The quantitative estimate of drug-likeness (QED) is 0.166. The normalized spacial score (nSPS) is 15.7. The Morgan fingerprint density at radius 2 is 0.984 bits per heavy atom. The molecule has 63 heavy (non-hydrogen) atoms. The lowest BCUT2D eigenvalue weighted by Crippen LogP contribution is -2.25. The first kappa shape index (κ1) is 35.8. The van der Waals surface area contributed by atoms with Gasteiger partial charge < -0.3 is 9.32 Å². The van der Waals surface area contributed by atoms with Crippen LogP contribution in [-0.4, -0.2) is 0 Å². The van der Waals surface area contributed by atoms with Gasteiger partial charge >= 0.3 is 0 Å². The van der Waals surface area contributed by atoms with E-state index in [9.17, 15) is 0 Å². The zero-order valence-corrected chi connectivity index (χ0v) is 34.6. The maximum atomic E-state index is 6.43. The summed E-state index contributed by atoms with van der Waals surface area (Å²) in [6.07, 6.45) is 6.50. The fraction of sp³-hybridized carbons (Fsp3) is 0.0492. The number of benzene rings is 9. The fourth-order valence-electron chi connectivity index (χ4n) is 11.1. The van der Waals surface area contributed by atoms with E-state index < -0.39 is 5.41 Å². The molecule has 10 aromatic rings. The minimum Gasteiger partial charge on any atom is -0.456 e. The predicted molar refractivity (Wildman–Crippen MR) is 261 cm³/mol. The Morgan fingerprint density at radius 1 is 0.365 bits per heavy atom. The van der Waals surface area contributed by atoms with Crippen LogP contribution in [0.4, 0.5) is 11.4 Å². The molecule has 2 heteroatoms. The number of furan rings is 1. The van der Waals surface area contributed by atoms with E-state index in [-0.39, 0.29) is 0 Å². The summed E-state index contributed by atoms with van der Waals surface area (Å²) in [5.74, 6) is 0. The molecule has 1 unspecified atom stereocenters. The van der Waals surface area contributed by atoms with Crippen molar-refractivity contribution in [1.82, 2.24) is 0 Å². The summed E-state index contributed by atoms with van der Waals surface area (Å²) in [4.78, 5) is 2.42. The minimum absolute atomic E-state index is 0.440. The predicted octanol–water partition coefficient (Wildman–Crippen LogP) is 16.2. The van der Waals surface area contributed by atoms with Crippen LogP contribution in [0.3, 0.4) is 0 Å². The van der Waals surface area contributed by atoms with E-state index >= 15 is 0 Å². The molecule has 1 heterocycles. The summed E-state index contributed by atoms with van der Waals surface area (Å²) >= 11 is 0. The van der Waals surface area contributed by atoms with Crippen LogP contribution in [-0.2, 0) is 5.41 Å². The highest BCUT2D eigenvalue weighted by Crippen LogP contribution is 2.64. The van der Waals surface area contributed by atoms with Gasteiger partial charge in [0.2, 0.25) is 0 Å². The molecule has 0 bridgehead atoms. The third-order valence-electron chi connectivity index (χ3n) is 13.8. The number of hydrogen-bond acceptors (Lipinski definition) is 2. The second kappa shape index (κ2) is 14.1. The van der Waals surface area contributed by atoms with Crippen LogP contribution >= 0.6 is 0 Å². The van der Waals surface area contributed by atoms with Crippen LogP contribution in [0.25, 0.3) is 72.0 Å². The SMILES string of the molecule is C1=C(c2ccccc2)CCC(N(c2ccc(-c3ccc4c(c3)C3(c5ccccc5-4)c4ccccc4-c4c(-c5ccccc5)cccc43)cc2)c2ccc3c(c2)oc2ccccc23)=C1. The third kappa shape index (κ3) is 5.38. The van der Waals surface area contributed by atoms with Crippen LogP contribution in [0.15, 0.2) is 235 Å². The summed E-state index contributed by atoms with van der Waals surface area (Å²) in [7, 11) is 0. The number of fused-ring (bicyclic) bond motifs is 13. The van der Waals surface area contributed by atoms with Gasteiger partial charge in [-0.1, -0.05) is 176 Å². The topological polar surface area (TPSA) is 16.4 Å². The molecule has 0 saturated heterocycles. The molecule has 3 aliphatic carbocycles. The Hall–Kier alpha value is -7.94. The van der Waals surface area contributed by atoms with Crippen LogP contribution in [0.5, 0.6) is 0 Å². The van der Waals surface area contributed by atoms with Crippen LogP contribution in [0.1, 0.15) is 40.7 Å². The van der Waals surface area contributed by atoms with E-state index in [1.165, 1.54) is 83.6 Å². The van der Waals surface area contributed by atoms with Crippen molar-refractivity contribution in [2.24, 2.45) is 0 Å². The summed E-state index contributed by atoms with van der Waals surface area (Å²) in [6, 6.07) is 78.1.